The maximum atomic E-state index is 4.55. The van der Waals surface area contributed by atoms with E-state index < -0.39 is 0 Å². The second-order valence-corrected chi connectivity index (χ2v) is 7.23. The minimum absolute atomic E-state index is 0.0681. The molecule has 0 saturated carbocycles. The van der Waals surface area contributed by atoms with Crippen LogP contribution in [0.3, 0.4) is 0 Å². The van der Waals surface area contributed by atoms with Gasteiger partial charge in [0.1, 0.15) is 0 Å². The zero-order valence-electron chi connectivity index (χ0n) is 12.5. The SMILES string of the molecule is CC(C)(C)c1nnc(C(C)(C)C)c2c1CC=CC2. The Morgan fingerprint density at radius 2 is 1.06 bits per heavy atom. The third-order valence-electron chi connectivity index (χ3n) is 3.42. The van der Waals surface area contributed by atoms with Crippen LogP contribution in [0.2, 0.25) is 0 Å². The summed E-state index contributed by atoms with van der Waals surface area (Å²) in [5.41, 5.74) is 5.27. The molecule has 98 valence electrons. The fraction of sp³-hybridized carbons (Fsp3) is 0.625. The molecule has 2 heteroatoms. The van der Waals surface area contributed by atoms with Crippen LogP contribution in [-0.4, -0.2) is 10.2 Å². The first kappa shape index (κ1) is 13.3. The molecule has 0 unspecified atom stereocenters. The van der Waals surface area contributed by atoms with Crippen molar-refractivity contribution in [3.63, 3.8) is 0 Å². The van der Waals surface area contributed by atoms with Crippen molar-refractivity contribution < 1.29 is 0 Å². The van der Waals surface area contributed by atoms with Crippen LogP contribution in [0.25, 0.3) is 0 Å². The fourth-order valence-electron chi connectivity index (χ4n) is 2.55. The highest BCUT2D eigenvalue weighted by Gasteiger charge is 2.28. The van der Waals surface area contributed by atoms with Crippen molar-refractivity contribution in [3.8, 4) is 0 Å². The summed E-state index contributed by atoms with van der Waals surface area (Å²) in [4.78, 5) is 0. The lowest BCUT2D eigenvalue weighted by Crippen LogP contribution is -2.25. The van der Waals surface area contributed by atoms with Crippen molar-refractivity contribution >= 4 is 0 Å². The maximum Gasteiger partial charge on any atom is 0.0722 e. The van der Waals surface area contributed by atoms with Crippen LogP contribution < -0.4 is 0 Å². The molecule has 1 heterocycles. The van der Waals surface area contributed by atoms with Gasteiger partial charge < -0.3 is 0 Å². The molecule has 18 heavy (non-hydrogen) atoms. The average Bonchev–Trinajstić information content (AvgIpc) is 2.24. The number of hydrogen-bond donors (Lipinski definition) is 0. The summed E-state index contributed by atoms with van der Waals surface area (Å²) in [7, 11) is 0. The van der Waals surface area contributed by atoms with Gasteiger partial charge in [-0.3, -0.25) is 0 Å². The van der Waals surface area contributed by atoms with Crippen LogP contribution in [0.1, 0.15) is 64.1 Å². The molecule has 1 aliphatic rings. The van der Waals surface area contributed by atoms with E-state index in [1.54, 1.807) is 0 Å². The summed E-state index contributed by atoms with van der Waals surface area (Å²) >= 11 is 0. The van der Waals surface area contributed by atoms with Gasteiger partial charge in [0.25, 0.3) is 0 Å². The lowest BCUT2D eigenvalue weighted by atomic mass is 9.79. The van der Waals surface area contributed by atoms with Gasteiger partial charge in [-0.1, -0.05) is 53.7 Å². The van der Waals surface area contributed by atoms with Crippen molar-refractivity contribution in [1.29, 1.82) is 0 Å². The largest absolute Gasteiger partial charge is 0.154 e. The van der Waals surface area contributed by atoms with E-state index in [0.29, 0.717) is 0 Å². The average molecular weight is 244 g/mol. The van der Waals surface area contributed by atoms with Gasteiger partial charge in [-0.25, -0.2) is 0 Å². The molecule has 1 aromatic rings. The van der Waals surface area contributed by atoms with Gasteiger partial charge in [0, 0.05) is 10.8 Å². The summed E-state index contributed by atoms with van der Waals surface area (Å²) in [5, 5.41) is 9.09. The lowest BCUT2D eigenvalue weighted by molar-refractivity contribution is 0.514. The number of rotatable bonds is 0. The second kappa shape index (κ2) is 4.18. The topological polar surface area (TPSA) is 25.8 Å². The smallest absolute Gasteiger partial charge is 0.0722 e. The van der Waals surface area contributed by atoms with Gasteiger partial charge in [-0.05, 0) is 24.0 Å². The molecule has 0 N–H and O–H groups in total. The van der Waals surface area contributed by atoms with Crippen molar-refractivity contribution in [1.82, 2.24) is 10.2 Å². The minimum atomic E-state index is 0.0681. The normalized spacial score (nSPS) is 15.7. The van der Waals surface area contributed by atoms with E-state index in [2.05, 4.69) is 63.9 Å². The molecule has 0 fully saturated rings. The molecule has 0 radical (unpaired) electrons. The van der Waals surface area contributed by atoms with Crippen LogP contribution in [0, 0.1) is 0 Å². The molecule has 1 aromatic heterocycles. The van der Waals surface area contributed by atoms with E-state index in [9.17, 15) is 0 Å². The summed E-state index contributed by atoms with van der Waals surface area (Å²) in [6, 6.07) is 0. The van der Waals surface area contributed by atoms with E-state index >= 15 is 0 Å². The molecule has 0 amide bonds. The van der Waals surface area contributed by atoms with Crippen molar-refractivity contribution in [3.05, 3.63) is 34.7 Å². The zero-order chi connectivity index (χ0) is 13.6. The summed E-state index contributed by atoms with van der Waals surface area (Å²) in [6.45, 7) is 13.3. The fourth-order valence-corrected chi connectivity index (χ4v) is 2.55. The Morgan fingerprint density at radius 3 is 1.33 bits per heavy atom. The summed E-state index contributed by atoms with van der Waals surface area (Å²) < 4.78 is 0. The molecule has 0 atom stereocenters. The Balaban J connectivity index is 2.66. The highest BCUT2D eigenvalue weighted by Crippen LogP contribution is 2.33. The Bertz CT molecular complexity index is 440. The quantitative estimate of drug-likeness (QED) is 0.650. The first-order valence-electron chi connectivity index (χ1n) is 6.75. The molecule has 2 rings (SSSR count). The van der Waals surface area contributed by atoms with Crippen LogP contribution in [0.5, 0.6) is 0 Å². The van der Waals surface area contributed by atoms with Gasteiger partial charge >= 0.3 is 0 Å². The standard InChI is InChI=1S/C16H24N2/c1-15(2,3)13-11-9-7-8-10-12(11)14(18-17-13)16(4,5)6/h7-8H,9-10H2,1-6H3. The van der Waals surface area contributed by atoms with Gasteiger partial charge in [0.2, 0.25) is 0 Å². The van der Waals surface area contributed by atoms with Crippen molar-refractivity contribution in [2.75, 3.05) is 0 Å². The Kier molecular flexibility index (Phi) is 3.08. The molecular formula is C16H24N2. The molecular weight excluding hydrogens is 220 g/mol. The molecule has 2 nitrogen and oxygen atoms in total. The van der Waals surface area contributed by atoms with E-state index in [-0.39, 0.29) is 10.8 Å². The van der Waals surface area contributed by atoms with Crippen LogP contribution in [-0.2, 0) is 23.7 Å². The first-order valence-corrected chi connectivity index (χ1v) is 6.75. The van der Waals surface area contributed by atoms with Gasteiger partial charge in [-0.15, -0.1) is 0 Å². The van der Waals surface area contributed by atoms with Crippen molar-refractivity contribution in [2.24, 2.45) is 0 Å². The summed E-state index contributed by atoms with van der Waals surface area (Å²) in [5.74, 6) is 0. The molecule has 0 aromatic carbocycles. The molecule has 0 aliphatic heterocycles. The number of nitrogens with zero attached hydrogens (tertiary/aromatic N) is 2. The molecule has 1 aliphatic carbocycles. The number of hydrogen-bond acceptors (Lipinski definition) is 2. The predicted molar refractivity (Wildman–Crippen MR) is 76.0 cm³/mol. The Hall–Kier alpha value is -1.18. The first-order chi connectivity index (χ1) is 8.21. The molecule has 0 saturated heterocycles. The minimum Gasteiger partial charge on any atom is -0.154 e. The number of fused-ring (bicyclic) bond motifs is 1. The van der Waals surface area contributed by atoms with Crippen LogP contribution in [0.15, 0.2) is 12.2 Å². The van der Waals surface area contributed by atoms with Gasteiger partial charge in [-0.2, -0.15) is 10.2 Å². The highest BCUT2D eigenvalue weighted by atomic mass is 15.1. The number of aromatic nitrogens is 2. The van der Waals surface area contributed by atoms with Crippen LogP contribution in [0.4, 0.5) is 0 Å². The third kappa shape index (κ3) is 2.33. The second-order valence-electron chi connectivity index (χ2n) is 7.23. The summed E-state index contributed by atoms with van der Waals surface area (Å²) in [6.07, 6.45) is 6.51. The lowest BCUT2D eigenvalue weighted by Gasteiger charge is -2.29. The zero-order valence-corrected chi connectivity index (χ0v) is 12.5. The van der Waals surface area contributed by atoms with E-state index in [0.717, 1.165) is 24.2 Å². The monoisotopic (exact) mass is 244 g/mol. The number of allylic oxidation sites excluding steroid dienone is 2. The third-order valence-corrected chi connectivity index (χ3v) is 3.42. The van der Waals surface area contributed by atoms with Gasteiger partial charge in [0.15, 0.2) is 0 Å². The molecule has 0 bridgehead atoms. The van der Waals surface area contributed by atoms with Crippen LogP contribution >= 0.6 is 0 Å². The predicted octanol–water partition coefficient (Wildman–Crippen LogP) is 3.73. The highest BCUT2D eigenvalue weighted by molar-refractivity contribution is 5.43. The van der Waals surface area contributed by atoms with Crippen molar-refractivity contribution in [2.45, 2.75) is 65.2 Å². The molecule has 0 spiro atoms. The van der Waals surface area contributed by atoms with E-state index in [4.69, 9.17) is 0 Å². The maximum absolute atomic E-state index is 4.55. The van der Waals surface area contributed by atoms with Gasteiger partial charge in [0.05, 0.1) is 11.4 Å². The Labute approximate surface area is 111 Å². The van der Waals surface area contributed by atoms with E-state index in [1.165, 1.54) is 11.1 Å². The Morgan fingerprint density at radius 1 is 0.722 bits per heavy atom. The van der Waals surface area contributed by atoms with E-state index in [1.807, 2.05) is 0 Å².